The van der Waals surface area contributed by atoms with Crippen LogP contribution in [0.5, 0.6) is 0 Å². The minimum atomic E-state index is -0.640. The van der Waals surface area contributed by atoms with Gasteiger partial charge in [-0.05, 0) is 144 Å². The number of nitrogens with two attached hydrogens (primary N) is 1. The van der Waals surface area contributed by atoms with E-state index in [1.165, 1.54) is 99.6 Å². The first-order valence-electron chi connectivity index (χ1n) is 28.6. The Bertz CT molecular complexity index is 4580. The molecule has 0 heterocycles. The molecule has 2 aliphatic carbocycles. The molecule has 2 nitrogen and oxygen atoms in total. The van der Waals surface area contributed by atoms with Crippen molar-refractivity contribution in [3.8, 4) is 44.5 Å². The Hall–Kier alpha value is -10.3. The van der Waals surface area contributed by atoms with Crippen LogP contribution in [0.4, 0.5) is 22.7 Å². The molecule has 0 radical (unpaired) electrons. The summed E-state index contributed by atoms with van der Waals surface area (Å²) in [5.74, 6) is 0. The first-order chi connectivity index (χ1) is 40.4. The van der Waals surface area contributed by atoms with Crippen molar-refractivity contribution in [1.29, 1.82) is 0 Å². The molecule has 386 valence electrons. The third kappa shape index (κ3) is 6.76. The van der Waals surface area contributed by atoms with E-state index < -0.39 is 10.8 Å². The van der Waals surface area contributed by atoms with Crippen molar-refractivity contribution in [2.24, 2.45) is 0 Å². The lowest BCUT2D eigenvalue weighted by molar-refractivity contribution is 0.767. The van der Waals surface area contributed by atoms with Gasteiger partial charge in [0, 0.05) is 38.8 Å². The number of hydrogen-bond donors (Lipinski definition) is 1. The Morgan fingerprint density at radius 1 is 0.305 bits per heavy atom. The van der Waals surface area contributed by atoms with E-state index in [4.69, 9.17) is 5.73 Å². The largest absolute Gasteiger partial charge is 0.398 e. The molecule has 0 spiro atoms. The third-order valence-corrected chi connectivity index (χ3v) is 18.2. The second kappa shape index (κ2) is 18.4. The highest BCUT2D eigenvalue weighted by atomic mass is 15.1. The predicted molar refractivity (Wildman–Crippen MR) is 344 cm³/mol. The second-order valence-electron chi connectivity index (χ2n) is 22.6. The van der Waals surface area contributed by atoms with Gasteiger partial charge in [0.15, 0.2) is 0 Å². The molecule has 2 N–H and O–H groups in total. The molecule has 82 heavy (non-hydrogen) atoms. The summed E-state index contributed by atoms with van der Waals surface area (Å²) >= 11 is 0. The Labute approximate surface area is 479 Å². The van der Waals surface area contributed by atoms with Gasteiger partial charge >= 0.3 is 0 Å². The summed E-state index contributed by atoms with van der Waals surface area (Å²) in [6.45, 7) is 4.43. The van der Waals surface area contributed by atoms with Crippen LogP contribution in [0.3, 0.4) is 0 Å². The lowest BCUT2D eigenvalue weighted by Crippen LogP contribution is -2.29. The number of fused-ring (bicyclic) bond motifs is 6. The average molecular weight is 1050 g/mol. The second-order valence-corrected chi connectivity index (χ2v) is 22.6. The van der Waals surface area contributed by atoms with Gasteiger partial charge in [-0.25, -0.2) is 0 Å². The van der Waals surface area contributed by atoms with E-state index in [1.807, 2.05) is 0 Å². The summed E-state index contributed by atoms with van der Waals surface area (Å²) in [5.41, 5.74) is 31.8. The van der Waals surface area contributed by atoms with Crippen LogP contribution in [-0.4, -0.2) is 0 Å². The lowest BCUT2D eigenvalue weighted by atomic mass is 9.67. The van der Waals surface area contributed by atoms with Crippen molar-refractivity contribution in [1.82, 2.24) is 0 Å². The number of aryl methyl sites for hydroxylation is 2. The summed E-state index contributed by atoms with van der Waals surface area (Å²) in [5, 5.41) is 6.92. The first kappa shape index (κ1) is 47.7. The van der Waals surface area contributed by atoms with Gasteiger partial charge in [-0.3, -0.25) is 0 Å². The van der Waals surface area contributed by atoms with Gasteiger partial charge in [-0.1, -0.05) is 272 Å². The number of rotatable bonds is 9. The molecule has 0 unspecified atom stereocenters. The van der Waals surface area contributed by atoms with E-state index in [2.05, 4.69) is 310 Å². The SMILES string of the molecule is Cc1cccc(-c2c(-c3cccc(C)c3)c3ccc4c(N)ccc5ccc(c2N(c2cccc(C6(c7ccccc7)c7ccccc7-c7ccccc76)c2)c2cccc(C6(c7ccccc7)c7ccccc7-c7ccccc76)c2)c3c54)c1. The molecule has 2 heteroatoms. The summed E-state index contributed by atoms with van der Waals surface area (Å²) in [7, 11) is 0. The highest BCUT2D eigenvalue weighted by Crippen LogP contribution is 2.61. The zero-order valence-electron chi connectivity index (χ0n) is 45.7. The molecule has 0 aromatic heterocycles. The van der Waals surface area contributed by atoms with E-state index in [1.54, 1.807) is 0 Å². The third-order valence-electron chi connectivity index (χ3n) is 18.2. The van der Waals surface area contributed by atoms with Gasteiger partial charge in [0.2, 0.25) is 0 Å². The van der Waals surface area contributed by atoms with E-state index >= 15 is 0 Å². The topological polar surface area (TPSA) is 29.3 Å². The maximum Gasteiger partial charge on any atom is 0.0714 e. The van der Waals surface area contributed by atoms with Gasteiger partial charge in [0.1, 0.15) is 0 Å². The summed E-state index contributed by atoms with van der Waals surface area (Å²) < 4.78 is 0. The van der Waals surface area contributed by atoms with Crippen molar-refractivity contribution in [2.45, 2.75) is 24.7 Å². The number of hydrogen-bond acceptors (Lipinski definition) is 2. The zero-order chi connectivity index (χ0) is 54.7. The summed E-state index contributed by atoms with van der Waals surface area (Å²) in [6, 6.07) is 109. The van der Waals surface area contributed by atoms with Crippen molar-refractivity contribution in [2.75, 3.05) is 10.6 Å². The van der Waals surface area contributed by atoms with Crippen LogP contribution in [0.1, 0.15) is 55.6 Å². The average Bonchev–Trinajstić information content (AvgIpc) is 2.15. The quantitative estimate of drug-likeness (QED) is 0.115. The van der Waals surface area contributed by atoms with Crippen molar-refractivity contribution < 1.29 is 0 Å². The van der Waals surface area contributed by atoms with Crippen molar-refractivity contribution in [3.05, 3.63) is 347 Å². The van der Waals surface area contributed by atoms with Crippen LogP contribution >= 0.6 is 0 Å². The highest BCUT2D eigenvalue weighted by molar-refractivity contribution is 6.32. The number of benzene rings is 14. The minimum Gasteiger partial charge on any atom is -0.398 e. The molecule has 0 saturated heterocycles. The number of anilines is 4. The molecular formula is C80H56N2. The van der Waals surface area contributed by atoms with E-state index in [0.29, 0.717) is 0 Å². The van der Waals surface area contributed by atoms with E-state index in [-0.39, 0.29) is 0 Å². The normalized spacial score (nSPS) is 13.5. The molecular weight excluding hydrogens is 989 g/mol. The van der Waals surface area contributed by atoms with Crippen LogP contribution in [0.15, 0.2) is 291 Å². The number of nitrogen functional groups attached to an aromatic ring is 1. The Morgan fingerprint density at radius 3 is 1.20 bits per heavy atom. The molecule has 0 bridgehead atoms. The molecule has 14 aromatic rings. The Kier molecular flexibility index (Phi) is 10.7. The highest BCUT2D eigenvalue weighted by Gasteiger charge is 2.48. The van der Waals surface area contributed by atoms with Gasteiger partial charge in [-0.2, -0.15) is 0 Å². The fourth-order valence-electron chi connectivity index (χ4n) is 15.0. The van der Waals surface area contributed by atoms with Gasteiger partial charge in [0.25, 0.3) is 0 Å². The van der Waals surface area contributed by atoms with Crippen molar-refractivity contribution in [3.63, 3.8) is 0 Å². The summed E-state index contributed by atoms with van der Waals surface area (Å²) in [4.78, 5) is 2.62. The Morgan fingerprint density at radius 2 is 0.707 bits per heavy atom. The summed E-state index contributed by atoms with van der Waals surface area (Å²) in [6.07, 6.45) is 0. The standard InChI is InChI=1S/C80H56N2/c1-51-21-17-23-54(47-51)75-67-45-44-66-73(81)46-42-53-41-43-68(77(67)74(53)66)78(76(75)55-24-18-22-52(2)48-55)82(60-31-19-29-58(49-60)79(56-25-5-3-6-26-56)69-37-13-9-33-62(69)63-34-10-14-38-70(63)79)61-32-20-30-59(50-61)80(57-27-7-4-8-28-57)71-39-15-11-35-64(71)65-36-12-16-40-72(65)80/h3-50H,81H2,1-2H3. The molecule has 0 fully saturated rings. The van der Waals surface area contributed by atoms with Crippen LogP contribution in [0.2, 0.25) is 0 Å². The van der Waals surface area contributed by atoms with Crippen LogP contribution in [0.25, 0.3) is 76.8 Å². The molecule has 16 rings (SSSR count). The maximum absolute atomic E-state index is 7.05. The number of nitrogens with zero attached hydrogens (tertiary/aromatic N) is 1. The molecule has 0 amide bonds. The molecule has 0 saturated carbocycles. The van der Waals surface area contributed by atoms with Crippen molar-refractivity contribution >= 4 is 55.1 Å². The molecule has 0 atom stereocenters. The van der Waals surface area contributed by atoms with Crippen LogP contribution < -0.4 is 10.6 Å². The fourth-order valence-corrected chi connectivity index (χ4v) is 15.0. The van der Waals surface area contributed by atoms with E-state index in [9.17, 15) is 0 Å². The molecule has 2 aliphatic rings. The van der Waals surface area contributed by atoms with Gasteiger partial charge in [-0.15, -0.1) is 0 Å². The Balaban J connectivity index is 1.09. The fraction of sp³-hybridized carbons (Fsp3) is 0.0500. The van der Waals surface area contributed by atoms with E-state index in [0.717, 1.165) is 55.6 Å². The van der Waals surface area contributed by atoms with Gasteiger partial charge in [0.05, 0.1) is 16.5 Å². The maximum atomic E-state index is 7.05. The first-order valence-corrected chi connectivity index (χ1v) is 28.6. The minimum absolute atomic E-state index is 0.640. The predicted octanol–water partition coefficient (Wildman–Crippen LogP) is 20.3. The molecule has 0 aliphatic heterocycles. The lowest BCUT2D eigenvalue weighted by Gasteiger charge is -2.37. The van der Waals surface area contributed by atoms with Crippen LogP contribution in [-0.2, 0) is 10.8 Å². The zero-order valence-corrected chi connectivity index (χ0v) is 45.7. The van der Waals surface area contributed by atoms with Gasteiger partial charge < -0.3 is 10.6 Å². The smallest absolute Gasteiger partial charge is 0.0714 e. The molecule has 14 aromatic carbocycles. The van der Waals surface area contributed by atoms with Crippen LogP contribution in [0, 0.1) is 13.8 Å². The monoisotopic (exact) mass is 1040 g/mol.